The zero-order valence-corrected chi connectivity index (χ0v) is 53.9. The van der Waals surface area contributed by atoms with Gasteiger partial charge in [-0.2, -0.15) is 0 Å². The fourth-order valence-corrected chi connectivity index (χ4v) is 9.00. The molecule has 0 aliphatic heterocycles. The predicted octanol–water partition coefficient (Wildman–Crippen LogP) is -1.97. The number of guanidine groups is 3. The van der Waals surface area contributed by atoms with Gasteiger partial charge in [-0.25, -0.2) is 4.79 Å². The van der Waals surface area contributed by atoms with Crippen molar-refractivity contribution in [3.8, 4) is 0 Å². The standard InChI is InChI=1S/C63H92N18O13/c1-8-31-93-53(85)27-26-48(55(87)76-45(38-82)17-12-28-70-60(64)67-5)77-52(84)37-73-54(86)49(35-42-24-25-43-15-10-11-16-44(43)33-42)80-57(89)47(19-14-30-72-62(66)69-7)78-56(88)46(18-13-29-71-61(65)68-6)79-58(90)50(34-41-22-20-39(3)21-23-41)81-59(91)51(75-40(4)83)36-74-63(92)94-32-9-2/h8-11,15-16,20-25,33,38,45-51H,1-2,12-14,17-19,26-32,34-37H2,3-7H3,(H,73,86)(H,74,92)(H,75,83)(H,76,87)(H,77,84)(H,78,88)(H,79,90)(H,80,89)(H,81,91)(H3,64,67,70)(H3,65,68,71)(H3,66,69,72)/t45-,46-,47+,48-,49-,50-,51-/m0/s1. The number of carbonyl (C=O) groups is 11. The molecule has 0 spiro atoms. The first-order valence-corrected chi connectivity index (χ1v) is 30.5. The van der Waals surface area contributed by atoms with Crippen molar-refractivity contribution in [3.05, 3.63) is 109 Å². The number of benzene rings is 3. The lowest BCUT2D eigenvalue weighted by Gasteiger charge is -2.27. The highest BCUT2D eigenvalue weighted by Crippen LogP contribution is 2.18. The molecule has 0 aliphatic rings. The molecule has 31 heteroatoms. The van der Waals surface area contributed by atoms with E-state index in [4.69, 9.17) is 26.7 Å². The highest BCUT2D eigenvalue weighted by molar-refractivity contribution is 5.98. The van der Waals surface area contributed by atoms with Gasteiger partial charge in [0.1, 0.15) is 55.8 Å². The van der Waals surface area contributed by atoms with Crippen molar-refractivity contribution in [3.63, 3.8) is 0 Å². The van der Waals surface area contributed by atoms with Gasteiger partial charge in [0.05, 0.1) is 19.1 Å². The fourth-order valence-electron chi connectivity index (χ4n) is 9.00. The Hall–Kier alpha value is -10.6. The number of esters is 1. The molecule has 0 radical (unpaired) electrons. The lowest BCUT2D eigenvalue weighted by atomic mass is 10.00. The van der Waals surface area contributed by atoms with E-state index in [-0.39, 0.29) is 102 Å². The Labute approximate surface area is 546 Å². The van der Waals surface area contributed by atoms with Crippen LogP contribution in [0.15, 0.2) is 107 Å². The van der Waals surface area contributed by atoms with Gasteiger partial charge in [-0.05, 0) is 73.8 Å². The smallest absolute Gasteiger partial charge is 0.407 e. The molecule has 3 aromatic carbocycles. The van der Waals surface area contributed by atoms with Crippen LogP contribution in [0.25, 0.3) is 10.8 Å². The number of fused-ring (bicyclic) bond motifs is 1. The van der Waals surface area contributed by atoms with E-state index in [2.05, 4.69) is 91.9 Å². The normalized spacial score (nSPS) is 13.6. The lowest BCUT2D eigenvalue weighted by molar-refractivity contribution is -0.143. The number of aliphatic imine (C=N–C) groups is 3. The van der Waals surface area contributed by atoms with Gasteiger partial charge in [-0.1, -0.05) is 97.6 Å². The molecule has 0 unspecified atom stereocenters. The minimum absolute atomic E-state index is 0.0841. The number of alkyl carbamates (subject to hydrolysis) is 1. The molecule has 18 N–H and O–H groups in total. The van der Waals surface area contributed by atoms with Crippen LogP contribution in [0.1, 0.15) is 75.0 Å². The molecule has 0 aliphatic carbocycles. The number of hydrogen-bond donors (Lipinski definition) is 15. The molecule has 512 valence electrons. The number of nitrogens with two attached hydrogens (primary N) is 3. The number of hydrogen-bond acceptors (Lipinski definition) is 16. The van der Waals surface area contributed by atoms with E-state index >= 15 is 0 Å². The molecular formula is C63H92N18O13. The van der Waals surface area contributed by atoms with Crippen LogP contribution in [0.3, 0.4) is 0 Å². The Morgan fingerprint density at radius 3 is 1.52 bits per heavy atom. The van der Waals surface area contributed by atoms with E-state index < -0.39 is 115 Å². The Morgan fingerprint density at radius 2 is 0.979 bits per heavy atom. The summed E-state index contributed by atoms with van der Waals surface area (Å²) in [6.45, 7) is 9.21. The van der Waals surface area contributed by atoms with Crippen LogP contribution in [-0.2, 0) is 70.3 Å². The van der Waals surface area contributed by atoms with Crippen LogP contribution in [0, 0.1) is 6.92 Å². The number of amides is 9. The molecule has 0 heterocycles. The highest BCUT2D eigenvalue weighted by atomic mass is 16.5. The van der Waals surface area contributed by atoms with Crippen molar-refractivity contribution < 1.29 is 62.2 Å². The number of aldehydes is 1. The minimum Gasteiger partial charge on any atom is -0.461 e. The molecule has 7 atom stereocenters. The average molecular weight is 1310 g/mol. The quantitative estimate of drug-likeness (QED) is 0.00731. The van der Waals surface area contributed by atoms with Crippen molar-refractivity contribution >= 4 is 94.3 Å². The first-order chi connectivity index (χ1) is 45.0. The fraction of sp³-hybridized carbons (Fsp3) is 0.460. The average Bonchev–Trinajstić information content (AvgIpc) is 0.898. The molecular weight excluding hydrogens is 1220 g/mol. The van der Waals surface area contributed by atoms with Gasteiger partial charge in [-0.3, -0.25) is 58.1 Å². The Bertz CT molecular complexity index is 3140. The molecule has 9 amide bonds. The van der Waals surface area contributed by atoms with Crippen molar-refractivity contribution in [1.82, 2.24) is 63.8 Å². The third-order valence-electron chi connectivity index (χ3n) is 14.1. The monoisotopic (exact) mass is 1310 g/mol. The van der Waals surface area contributed by atoms with Gasteiger partial charge in [-0.15, -0.1) is 0 Å². The van der Waals surface area contributed by atoms with Gasteiger partial charge >= 0.3 is 12.1 Å². The third kappa shape index (κ3) is 30.5. The maximum Gasteiger partial charge on any atom is 0.407 e. The number of nitrogens with zero attached hydrogens (tertiary/aromatic N) is 3. The van der Waals surface area contributed by atoms with Crippen molar-refractivity contribution in [2.75, 3.05) is 67.1 Å². The Balaban J connectivity index is 2.05. The minimum atomic E-state index is -1.45. The second-order valence-electron chi connectivity index (χ2n) is 21.5. The van der Waals surface area contributed by atoms with Gasteiger partial charge in [0.2, 0.25) is 47.3 Å². The van der Waals surface area contributed by atoms with E-state index in [0.717, 1.165) is 23.3 Å². The highest BCUT2D eigenvalue weighted by Gasteiger charge is 2.34. The van der Waals surface area contributed by atoms with Crippen LogP contribution in [0.2, 0.25) is 0 Å². The summed E-state index contributed by atoms with van der Waals surface area (Å²) in [5.74, 6) is -7.04. The maximum atomic E-state index is 14.9. The summed E-state index contributed by atoms with van der Waals surface area (Å²) in [5, 5.41) is 33.8. The predicted molar refractivity (Wildman–Crippen MR) is 355 cm³/mol. The third-order valence-corrected chi connectivity index (χ3v) is 14.1. The molecule has 31 nitrogen and oxygen atoms in total. The molecule has 0 saturated carbocycles. The summed E-state index contributed by atoms with van der Waals surface area (Å²) in [7, 11) is 4.42. The first-order valence-electron chi connectivity index (χ1n) is 30.5. The number of aryl methyl sites for hydroxylation is 1. The summed E-state index contributed by atoms with van der Waals surface area (Å²) in [6, 6.07) is 10.3. The van der Waals surface area contributed by atoms with Crippen molar-refractivity contribution in [2.24, 2.45) is 32.2 Å². The van der Waals surface area contributed by atoms with Crippen molar-refractivity contribution in [2.45, 2.75) is 120 Å². The van der Waals surface area contributed by atoms with Crippen LogP contribution >= 0.6 is 0 Å². The molecule has 0 bridgehead atoms. The van der Waals surface area contributed by atoms with E-state index in [1.165, 1.54) is 33.3 Å². The SMILES string of the molecule is C=CCOC(=O)CC[C@H](NC(=O)CNC(=O)[C@H](Cc1ccc2ccccc2c1)NC(=O)[C@@H](CCCNC(N)=NC)NC(=O)[C@H](CCCNC(N)=NC)NC(=O)[C@H](Cc1ccc(C)cc1)NC(=O)[C@H](CNC(=O)OCC=C)NC(C)=O)C(=O)N[C@H](C=O)CCCNC(N)=NC. The Morgan fingerprint density at radius 1 is 0.511 bits per heavy atom. The second kappa shape index (κ2) is 43.2. The number of ether oxygens (including phenoxy) is 2. The Kier molecular flexibility index (Phi) is 35.7. The molecule has 0 fully saturated rings. The number of nitrogens with one attached hydrogen (secondary N) is 12. The zero-order chi connectivity index (χ0) is 69.4. The maximum absolute atomic E-state index is 14.9. The second-order valence-corrected chi connectivity index (χ2v) is 21.5. The van der Waals surface area contributed by atoms with Gasteiger partial charge in [0.25, 0.3) is 0 Å². The summed E-state index contributed by atoms with van der Waals surface area (Å²) in [6.07, 6.45) is 2.11. The molecule has 3 aromatic rings. The molecule has 3 rings (SSSR count). The van der Waals surface area contributed by atoms with Gasteiger partial charge in [0, 0.05) is 67.0 Å². The summed E-state index contributed by atoms with van der Waals surface area (Å²) < 4.78 is 10.0. The molecule has 0 aromatic heterocycles. The van der Waals surface area contributed by atoms with Gasteiger partial charge < -0.3 is 95.3 Å². The lowest BCUT2D eigenvalue weighted by Crippen LogP contribution is -2.60. The molecule has 94 heavy (non-hydrogen) atoms. The summed E-state index contributed by atoms with van der Waals surface area (Å²) in [5.41, 5.74) is 19.6. The number of carbonyl (C=O) groups excluding carboxylic acids is 11. The summed E-state index contributed by atoms with van der Waals surface area (Å²) in [4.78, 5) is 161. The largest absolute Gasteiger partial charge is 0.461 e. The zero-order valence-electron chi connectivity index (χ0n) is 53.9. The van der Waals surface area contributed by atoms with Crippen molar-refractivity contribution in [1.29, 1.82) is 0 Å². The van der Waals surface area contributed by atoms with Crippen LogP contribution in [0.5, 0.6) is 0 Å². The van der Waals surface area contributed by atoms with Crippen LogP contribution in [-0.4, -0.2) is 193 Å². The van der Waals surface area contributed by atoms with E-state index in [9.17, 15) is 52.7 Å². The van der Waals surface area contributed by atoms with Crippen LogP contribution in [0.4, 0.5) is 4.79 Å². The molecule has 0 saturated heterocycles. The van der Waals surface area contributed by atoms with E-state index in [1.54, 1.807) is 30.3 Å². The number of rotatable bonds is 41. The van der Waals surface area contributed by atoms with E-state index in [0.29, 0.717) is 30.4 Å². The van der Waals surface area contributed by atoms with Crippen LogP contribution < -0.4 is 81.0 Å². The van der Waals surface area contributed by atoms with E-state index in [1.807, 2.05) is 43.3 Å². The summed E-state index contributed by atoms with van der Waals surface area (Å²) >= 11 is 0. The van der Waals surface area contributed by atoms with Gasteiger partial charge in [0.15, 0.2) is 17.9 Å². The first kappa shape index (κ1) is 77.6. The topological polar surface area (TPSA) is 466 Å².